The lowest BCUT2D eigenvalue weighted by atomic mass is 10.3. The molecule has 0 saturated carbocycles. The molecule has 1 aromatic rings. The summed E-state index contributed by atoms with van der Waals surface area (Å²) >= 11 is 0. The maximum Gasteiger partial charge on any atom is 0.338 e. The van der Waals surface area contributed by atoms with Crippen LogP contribution in [0.3, 0.4) is 0 Å². The average Bonchev–Trinajstić information content (AvgIpc) is 2.34. The molecule has 1 heterocycles. The molecular weight excluding hydrogens is 136 g/mol. The van der Waals surface area contributed by atoms with Gasteiger partial charge in [0.05, 0.1) is 5.56 Å². The number of hydrogen-bond donors (Lipinski definition) is 1. The van der Waals surface area contributed by atoms with Crippen LogP contribution in [-0.4, -0.2) is 17.4 Å². The molecule has 4 heteroatoms. The SMILES string of the molecule is O=Cc1cc(C(=O)O)co1. The first kappa shape index (κ1) is 6.54. The average molecular weight is 140 g/mol. The van der Waals surface area contributed by atoms with Crippen molar-refractivity contribution in [3.8, 4) is 0 Å². The fraction of sp³-hybridized carbons (Fsp3) is 0. The Morgan fingerprint density at radius 3 is 2.70 bits per heavy atom. The lowest BCUT2D eigenvalue weighted by molar-refractivity contribution is 0.0696. The largest absolute Gasteiger partial charge is 0.478 e. The van der Waals surface area contributed by atoms with E-state index in [2.05, 4.69) is 4.42 Å². The summed E-state index contributed by atoms with van der Waals surface area (Å²) in [4.78, 5) is 20.1. The monoisotopic (exact) mass is 140 g/mol. The zero-order chi connectivity index (χ0) is 7.56. The molecule has 0 aliphatic heterocycles. The second kappa shape index (κ2) is 2.34. The van der Waals surface area contributed by atoms with Gasteiger partial charge in [0, 0.05) is 6.07 Å². The first-order valence-electron chi connectivity index (χ1n) is 2.51. The normalized spacial score (nSPS) is 9.20. The Morgan fingerprint density at radius 2 is 2.40 bits per heavy atom. The predicted octanol–water partition coefficient (Wildman–Crippen LogP) is 0.790. The molecule has 0 unspecified atom stereocenters. The van der Waals surface area contributed by atoms with Gasteiger partial charge in [-0.1, -0.05) is 0 Å². The van der Waals surface area contributed by atoms with Crippen molar-refractivity contribution >= 4 is 12.3 Å². The summed E-state index contributed by atoms with van der Waals surface area (Å²) in [7, 11) is 0. The molecule has 0 amide bonds. The van der Waals surface area contributed by atoms with Gasteiger partial charge in [-0.3, -0.25) is 4.79 Å². The van der Waals surface area contributed by atoms with Crippen LogP contribution in [0.15, 0.2) is 16.7 Å². The van der Waals surface area contributed by atoms with Crippen molar-refractivity contribution in [1.82, 2.24) is 0 Å². The van der Waals surface area contributed by atoms with Gasteiger partial charge < -0.3 is 9.52 Å². The van der Waals surface area contributed by atoms with E-state index in [1.165, 1.54) is 0 Å². The summed E-state index contributed by atoms with van der Waals surface area (Å²) in [5.74, 6) is -1.07. The number of carboxylic acids is 1. The number of carboxylic acid groups (broad SMARTS) is 1. The third-order valence-electron chi connectivity index (χ3n) is 0.983. The lowest BCUT2D eigenvalue weighted by Gasteiger charge is -1.77. The Balaban J connectivity index is 2.98. The topological polar surface area (TPSA) is 67.5 Å². The molecule has 0 aliphatic carbocycles. The van der Waals surface area contributed by atoms with Crippen molar-refractivity contribution in [2.75, 3.05) is 0 Å². The Kier molecular flexibility index (Phi) is 1.53. The van der Waals surface area contributed by atoms with Crippen molar-refractivity contribution in [3.05, 3.63) is 23.7 Å². The molecule has 52 valence electrons. The molecule has 0 fully saturated rings. The number of hydrogen-bond acceptors (Lipinski definition) is 3. The van der Waals surface area contributed by atoms with Gasteiger partial charge in [0.1, 0.15) is 6.26 Å². The van der Waals surface area contributed by atoms with Crippen molar-refractivity contribution in [3.63, 3.8) is 0 Å². The Morgan fingerprint density at radius 1 is 1.70 bits per heavy atom. The molecule has 1 rings (SSSR count). The number of carbonyl (C=O) groups excluding carboxylic acids is 1. The van der Waals surface area contributed by atoms with Crippen molar-refractivity contribution in [2.45, 2.75) is 0 Å². The second-order valence-corrected chi connectivity index (χ2v) is 1.66. The van der Waals surface area contributed by atoms with Crippen LogP contribution in [-0.2, 0) is 0 Å². The smallest absolute Gasteiger partial charge is 0.338 e. The molecule has 0 radical (unpaired) electrons. The second-order valence-electron chi connectivity index (χ2n) is 1.66. The molecule has 0 atom stereocenters. The molecule has 10 heavy (non-hydrogen) atoms. The molecule has 1 N–H and O–H groups in total. The van der Waals surface area contributed by atoms with Gasteiger partial charge >= 0.3 is 5.97 Å². The third kappa shape index (κ3) is 1.05. The minimum absolute atomic E-state index is 0.0119. The predicted molar refractivity (Wildman–Crippen MR) is 31.1 cm³/mol. The minimum Gasteiger partial charge on any atom is -0.478 e. The van der Waals surface area contributed by atoms with E-state index in [1.54, 1.807) is 0 Å². The van der Waals surface area contributed by atoms with E-state index in [0.717, 1.165) is 12.3 Å². The number of carbonyl (C=O) groups is 2. The van der Waals surface area contributed by atoms with Crippen LogP contribution in [0, 0.1) is 0 Å². The molecule has 0 spiro atoms. The Bertz CT molecular complexity index is 260. The van der Waals surface area contributed by atoms with E-state index < -0.39 is 5.97 Å². The van der Waals surface area contributed by atoms with E-state index >= 15 is 0 Å². The molecule has 4 nitrogen and oxygen atoms in total. The maximum absolute atomic E-state index is 10.2. The van der Waals surface area contributed by atoms with E-state index in [-0.39, 0.29) is 11.3 Å². The summed E-state index contributed by atoms with van der Waals surface area (Å²) in [5, 5.41) is 8.32. The Labute approximate surface area is 56.1 Å². The highest BCUT2D eigenvalue weighted by atomic mass is 16.4. The Hall–Kier alpha value is -1.58. The molecule has 0 aliphatic rings. The highest BCUT2D eigenvalue weighted by molar-refractivity contribution is 5.89. The summed E-state index contributed by atoms with van der Waals surface area (Å²) in [5.41, 5.74) is -0.0119. The van der Waals surface area contributed by atoms with Gasteiger partial charge in [0.15, 0.2) is 12.0 Å². The quantitative estimate of drug-likeness (QED) is 0.616. The van der Waals surface area contributed by atoms with Crippen molar-refractivity contribution < 1.29 is 19.1 Å². The van der Waals surface area contributed by atoms with Crippen LogP contribution in [0.2, 0.25) is 0 Å². The van der Waals surface area contributed by atoms with Gasteiger partial charge in [-0.15, -0.1) is 0 Å². The van der Waals surface area contributed by atoms with Crippen LogP contribution in [0.25, 0.3) is 0 Å². The highest BCUT2D eigenvalue weighted by Crippen LogP contribution is 2.04. The first-order valence-corrected chi connectivity index (χ1v) is 2.51. The molecule has 0 bridgehead atoms. The minimum atomic E-state index is -1.10. The first-order chi connectivity index (χ1) is 4.74. The molecule has 0 aromatic carbocycles. The standard InChI is InChI=1S/C6H4O4/c7-2-5-1-4(3-10-5)6(8)9/h1-3H,(H,8,9). The van der Waals surface area contributed by atoms with Crippen molar-refractivity contribution in [1.29, 1.82) is 0 Å². The van der Waals surface area contributed by atoms with Gasteiger partial charge in [-0.25, -0.2) is 4.79 Å². The van der Waals surface area contributed by atoms with Gasteiger partial charge in [-0.05, 0) is 0 Å². The van der Waals surface area contributed by atoms with Crippen LogP contribution in [0.4, 0.5) is 0 Å². The fourth-order valence-corrected chi connectivity index (χ4v) is 0.527. The third-order valence-corrected chi connectivity index (χ3v) is 0.983. The van der Waals surface area contributed by atoms with Gasteiger partial charge in [0.2, 0.25) is 0 Å². The summed E-state index contributed by atoms with van der Waals surface area (Å²) in [6.07, 6.45) is 1.47. The van der Waals surface area contributed by atoms with Gasteiger partial charge in [-0.2, -0.15) is 0 Å². The van der Waals surface area contributed by atoms with Crippen LogP contribution < -0.4 is 0 Å². The molecule has 1 aromatic heterocycles. The summed E-state index contributed by atoms with van der Waals surface area (Å²) in [6.45, 7) is 0. The van der Waals surface area contributed by atoms with E-state index in [9.17, 15) is 9.59 Å². The number of furan rings is 1. The number of aldehydes is 1. The number of rotatable bonds is 2. The maximum atomic E-state index is 10.2. The van der Waals surface area contributed by atoms with E-state index in [1.807, 2.05) is 0 Å². The van der Waals surface area contributed by atoms with Crippen LogP contribution >= 0.6 is 0 Å². The number of aromatic carboxylic acids is 1. The molecule has 0 saturated heterocycles. The fourth-order valence-electron chi connectivity index (χ4n) is 0.527. The zero-order valence-corrected chi connectivity index (χ0v) is 4.90. The summed E-state index contributed by atoms with van der Waals surface area (Å²) < 4.78 is 4.53. The van der Waals surface area contributed by atoms with E-state index in [4.69, 9.17) is 5.11 Å². The van der Waals surface area contributed by atoms with Crippen LogP contribution in [0.5, 0.6) is 0 Å². The van der Waals surface area contributed by atoms with Crippen LogP contribution in [0.1, 0.15) is 20.9 Å². The summed E-state index contributed by atoms with van der Waals surface area (Å²) in [6, 6.07) is 1.16. The van der Waals surface area contributed by atoms with Gasteiger partial charge in [0.25, 0.3) is 0 Å². The highest BCUT2D eigenvalue weighted by Gasteiger charge is 2.06. The van der Waals surface area contributed by atoms with Crippen molar-refractivity contribution in [2.24, 2.45) is 0 Å². The van der Waals surface area contributed by atoms with E-state index in [0.29, 0.717) is 6.29 Å². The molecular formula is C6H4O4. The zero-order valence-electron chi connectivity index (χ0n) is 4.90. The lowest BCUT2D eigenvalue weighted by Crippen LogP contribution is -1.91.